The van der Waals surface area contributed by atoms with E-state index in [9.17, 15) is 10.1 Å². The standard InChI is InChI=1S/C26H30N6O/c1-16(2)12-17(3)31(22-6-8-24-20(13-22)10-11-28-24)25(33)9-7-23-18(4)30-26-21(14-27)15-29-32(26)19(23)5/h6,8,10-11,13,15-17,28H,7,9,12H2,1-5H3. The second-order valence-electron chi connectivity index (χ2n) is 9.16. The van der Waals surface area contributed by atoms with Crippen LogP contribution >= 0.6 is 0 Å². The summed E-state index contributed by atoms with van der Waals surface area (Å²) in [6, 6.07) is 10.4. The van der Waals surface area contributed by atoms with Gasteiger partial charge in [-0.15, -0.1) is 0 Å². The van der Waals surface area contributed by atoms with E-state index < -0.39 is 0 Å². The molecular formula is C26H30N6O. The van der Waals surface area contributed by atoms with Gasteiger partial charge in [-0.05, 0) is 69.4 Å². The fourth-order valence-corrected chi connectivity index (χ4v) is 4.73. The summed E-state index contributed by atoms with van der Waals surface area (Å²) in [5.41, 5.74) is 5.76. The second-order valence-corrected chi connectivity index (χ2v) is 9.16. The largest absolute Gasteiger partial charge is 0.361 e. The average Bonchev–Trinajstić information content (AvgIpc) is 3.39. The number of amides is 1. The number of anilines is 1. The molecule has 1 N–H and O–H groups in total. The quantitative estimate of drug-likeness (QED) is 0.431. The first-order valence-corrected chi connectivity index (χ1v) is 11.4. The molecule has 3 aromatic heterocycles. The number of nitriles is 1. The van der Waals surface area contributed by atoms with Crippen molar-refractivity contribution in [2.45, 2.75) is 59.9 Å². The first-order chi connectivity index (χ1) is 15.8. The van der Waals surface area contributed by atoms with Crippen LogP contribution < -0.4 is 4.90 Å². The van der Waals surface area contributed by atoms with Crippen molar-refractivity contribution in [1.29, 1.82) is 5.26 Å². The number of carbonyl (C=O) groups is 1. The van der Waals surface area contributed by atoms with Crippen molar-refractivity contribution in [1.82, 2.24) is 19.6 Å². The highest BCUT2D eigenvalue weighted by molar-refractivity contribution is 5.96. The van der Waals surface area contributed by atoms with Gasteiger partial charge in [0, 0.05) is 46.6 Å². The maximum atomic E-state index is 13.6. The normalized spacial score (nSPS) is 12.4. The molecule has 170 valence electrons. The van der Waals surface area contributed by atoms with Crippen molar-refractivity contribution in [2.75, 3.05) is 4.90 Å². The molecule has 7 nitrogen and oxygen atoms in total. The number of aromatic nitrogens is 4. The summed E-state index contributed by atoms with van der Waals surface area (Å²) in [5.74, 6) is 0.576. The first-order valence-electron chi connectivity index (χ1n) is 11.4. The number of nitrogens with one attached hydrogen (secondary N) is 1. The number of H-pyrrole nitrogens is 1. The lowest BCUT2D eigenvalue weighted by molar-refractivity contribution is -0.119. The molecule has 0 saturated heterocycles. The molecule has 4 rings (SSSR count). The Labute approximate surface area is 194 Å². The van der Waals surface area contributed by atoms with Gasteiger partial charge in [0.25, 0.3) is 0 Å². The summed E-state index contributed by atoms with van der Waals surface area (Å²) in [5, 5.41) is 14.7. The summed E-state index contributed by atoms with van der Waals surface area (Å²) in [7, 11) is 0. The number of aryl methyl sites for hydroxylation is 2. The van der Waals surface area contributed by atoms with E-state index in [1.54, 1.807) is 4.52 Å². The van der Waals surface area contributed by atoms with Gasteiger partial charge in [0.1, 0.15) is 11.6 Å². The summed E-state index contributed by atoms with van der Waals surface area (Å²) in [6.45, 7) is 10.4. The molecule has 4 aromatic rings. The van der Waals surface area contributed by atoms with E-state index in [4.69, 9.17) is 0 Å². The molecule has 1 atom stereocenters. The number of hydrogen-bond donors (Lipinski definition) is 1. The van der Waals surface area contributed by atoms with Gasteiger partial charge in [0.15, 0.2) is 5.65 Å². The van der Waals surface area contributed by atoms with E-state index in [0.29, 0.717) is 30.0 Å². The Hall–Kier alpha value is -3.66. The molecule has 0 radical (unpaired) electrons. The number of fused-ring (bicyclic) bond motifs is 2. The van der Waals surface area contributed by atoms with Crippen LogP contribution in [0.25, 0.3) is 16.6 Å². The van der Waals surface area contributed by atoms with Gasteiger partial charge in [-0.1, -0.05) is 13.8 Å². The fraction of sp³-hybridized carbons (Fsp3) is 0.385. The molecule has 7 heteroatoms. The summed E-state index contributed by atoms with van der Waals surface area (Å²) < 4.78 is 1.70. The predicted molar refractivity (Wildman–Crippen MR) is 130 cm³/mol. The fourth-order valence-electron chi connectivity index (χ4n) is 4.73. The number of hydrogen-bond acceptors (Lipinski definition) is 4. The molecule has 0 aliphatic carbocycles. The molecule has 33 heavy (non-hydrogen) atoms. The third-order valence-corrected chi connectivity index (χ3v) is 6.25. The monoisotopic (exact) mass is 442 g/mol. The molecular weight excluding hydrogens is 412 g/mol. The Morgan fingerprint density at radius 3 is 2.76 bits per heavy atom. The Morgan fingerprint density at radius 2 is 2.03 bits per heavy atom. The van der Waals surface area contributed by atoms with Crippen LogP contribution in [0.15, 0.2) is 36.7 Å². The van der Waals surface area contributed by atoms with Gasteiger partial charge in [-0.25, -0.2) is 9.50 Å². The predicted octanol–water partition coefficient (Wildman–Crippen LogP) is 5.10. The van der Waals surface area contributed by atoms with Gasteiger partial charge in [0.05, 0.1) is 6.20 Å². The lowest BCUT2D eigenvalue weighted by Gasteiger charge is -2.31. The van der Waals surface area contributed by atoms with Crippen molar-refractivity contribution in [3.8, 4) is 6.07 Å². The number of carbonyl (C=O) groups excluding carboxylic acids is 1. The average molecular weight is 443 g/mol. The zero-order chi connectivity index (χ0) is 23.7. The summed E-state index contributed by atoms with van der Waals surface area (Å²) >= 11 is 0. The Balaban J connectivity index is 1.62. The maximum Gasteiger partial charge on any atom is 0.227 e. The second kappa shape index (κ2) is 9.07. The van der Waals surface area contributed by atoms with Crippen molar-refractivity contribution in [3.05, 3.63) is 59.2 Å². The number of benzene rings is 1. The van der Waals surface area contributed by atoms with Crippen molar-refractivity contribution in [3.63, 3.8) is 0 Å². The molecule has 3 heterocycles. The summed E-state index contributed by atoms with van der Waals surface area (Å²) in [6.07, 6.45) is 5.32. The van der Waals surface area contributed by atoms with Crippen LogP contribution in [0.5, 0.6) is 0 Å². The zero-order valence-corrected chi connectivity index (χ0v) is 19.9. The molecule has 0 aliphatic heterocycles. The molecule has 0 fully saturated rings. The Morgan fingerprint density at radius 1 is 1.24 bits per heavy atom. The lowest BCUT2D eigenvalue weighted by atomic mass is 10.0. The number of nitrogens with zero attached hydrogens (tertiary/aromatic N) is 5. The van der Waals surface area contributed by atoms with E-state index in [-0.39, 0.29) is 11.9 Å². The van der Waals surface area contributed by atoms with Gasteiger partial charge >= 0.3 is 0 Å². The van der Waals surface area contributed by atoms with Gasteiger partial charge < -0.3 is 9.88 Å². The van der Waals surface area contributed by atoms with E-state index >= 15 is 0 Å². The van der Waals surface area contributed by atoms with Crippen LogP contribution in [0, 0.1) is 31.1 Å². The molecule has 0 saturated carbocycles. The number of aromatic amines is 1. The minimum atomic E-state index is 0.0843. The van der Waals surface area contributed by atoms with Gasteiger partial charge in [0.2, 0.25) is 5.91 Å². The molecule has 1 unspecified atom stereocenters. The van der Waals surface area contributed by atoms with Crippen molar-refractivity contribution in [2.24, 2.45) is 5.92 Å². The van der Waals surface area contributed by atoms with E-state index in [2.05, 4.69) is 48.0 Å². The van der Waals surface area contributed by atoms with Crippen molar-refractivity contribution >= 4 is 28.1 Å². The van der Waals surface area contributed by atoms with Gasteiger partial charge in [-0.2, -0.15) is 10.4 Å². The highest BCUT2D eigenvalue weighted by Gasteiger charge is 2.24. The lowest BCUT2D eigenvalue weighted by Crippen LogP contribution is -2.39. The van der Waals surface area contributed by atoms with E-state index in [1.165, 1.54) is 6.20 Å². The SMILES string of the molecule is Cc1nc2c(C#N)cnn2c(C)c1CCC(=O)N(c1ccc2[nH]ccc2c1)C(C)CC(C)C. The Bertz CT molecular complexity index is 1360. The third-order valence-electron chi connectivity index (χ3n) is 6.25. The minimum Gasteiger partial charge on any atom is -0.361 e. The molecule has 1 aromatic carbocycles. The highest BCUT2D eigenvalue weighted by Crippen LogP contribution is 2.27. The van der Waals surface area contributed by atoms with E-state index in [1.807, 2.05) is 43.1 Å². The van der Waals surface area contributed by atoms with Crippen LogP contribution in [0.3, 0.4) is 0 Å². The molecule has 1 amide bonds. The maximum absolute atomic E-state index is 13.6. The van der Waals surface area contributed by atoms with Crippen LogP contribution in [0.1, 0.15) is 56.1 Å². The zero-order valence-electron chi connectivity index (χ0n) is 19.9. The molecule has 0 spiro atoms. The van der Waals surface area contributed by atoms with Crippen LogP contribution in [-0.4, -0.2) is 31.5 Å². The first kappa shape index (κ1) is 22.5. The van der Waals surface area contributed by atoms with E-state index in [0.717, 1.165) is 40.0 Å². The van der Waals surface area contributed by atoms with Gasteiger partial charge in [-0.3, -0.25) is 4.79 Å². The highest BCUT2D eigenvalue weighted by atomic mass is 16.2. The van der Waals surface area contributed by atoms with Crippen LogP contribution in [0.2, 0.25) is 0 Å². The summed E-state index contributed by atoms with van der Waals surface area (Å²) in [4.78, 5) is 23.4. The smallest absolute Gasteiger partial charge is 0.227 e. The van der Waals surface area contributed by atoms with Crippen molar-refractivity contribution < 1.29 is 4.79 Å². The minimum absolute atomic E-state index is 0.0843. The third kappa shape index (κ3) is 4.34. The van der Waals surface area contributed by atoms with Crippen LogP contribution in [0.4, 0.5) is 5.69 Å². The molecule has 0 aliphatic rings. The topological polar surface area (TPSA) is 90.1 Å². The number of rotatable bonds is 7. The Kier molecular flexibility index (Phi) is 6.19. The van der Waals surface area contributed by atoms with Crippen LogP contribution in [-0.2, 0) is 11.2 Å². The molecule has 0 bridgehead atoms.